The van der Waals surface area contributed by atoms with Crippen LogP contribution in [0.3, 0.4) is 0 Å². The van der Waals surface area contributed by atoms with Gasteiger partial charge in [0.1, 0.15) is 0 Å². The molecule has 0 aliphatic heterocycles. The second-order valence-electron chi connectivity index (χ2n) is 19.8. The van der Waals surface area contributed by atoms with Gasteiger partial charge < -0.3 is 9.13 Å². The molecule has 0 spiro atoms. The van der Waals surface area contributed by atoms with E-state index in [0.29, 0.717) is 5.82 Å². The summed E-state index contributed by atoms with van der Waals surface area (Å²) in [6.07, 6.45) is 0. The topological polar surface area (TPSA) is 35.6 Å². The molecule has 3 aromatic heterocycles. The fraction of sp³-hybridized carbons (Fsp3) is 0.0938. The van der Waals surface area contributed by atoms with Crippen LogP contribution in [-0.4, -0.2) is 19.1 Å². The monoisotopic (exact) mass is 870 g/mol. The molecule has 4 nitrogen and oxygen atoms in total. The Labute approximate surface area is 395 Å². The predicted octanol–water partition coefficient (Wildman–Crippen LogP) is 16.3. The maximum Gasteiger partial charge on any atom is 0.160 e. The van der Waals surface area contributed by atoms with Crippen molar-refractivity contribution in [2.24, 2.45) is 0 Å². The van der Waals surface area contributed by atoms with Gasteiger partial charge in [0.2, 0.25) is 0 Å². The molecule has 4 heteroatoms. The lowest BCUT2D eigenvalue weighted by Crippen LogP contribution is -2.15. The Kier molecular flexibility index (Phi) is 8.06. The third-order valence-corrected chi connectivity index (χ3v) is 15.3. The summed E-state index contributed by atoms with van der Waals surface area (Å²) in [4.78, 5) is 11.2. The Hall–Kier alpha value is -8.34. The van der Waals surface area contributed by atoms with Crippen LogP contribution in [0.25, 0.3) is 111 Å². The zero-order chi connectivity index (χ0) is 45.5. The molecule has 0 unspecified atom stereocenters. The second-order valence-corrected chi connectivity index (χ2v) is 19.8. The molecule has 14 rings (SSSR count). The van der Waals surface area contributed by atoms with Crippen LogP contribution in [-0.2, 0) is 10.8 Å². The van der Waals surface area contributed by atoms with E-state index in [1.54, 1.807) is 0 Å². The van der Waals surface area contributed by atoms with Crippen molar-refractivity contribution in [3.8, 4) is 67.5 Å². The van der Waals surface area contributed by atoms with Gasteiger partial charge in [0, 0.05) is 60.4 Å². The zero-order valence-electron chi connectivity index (χ0n) is 38.4. The van der Waals surface area contributed by atoms with E-state index in [2.05, 4.69) is 243 Å². The average Bonchev–Trinajstić information content (AvgIpc) is 4.05. The number of hydrogen-bond donors (Lipinski definition) is 0. The van der Waals surface area contributed by atoms with Gasteiger partial charge in [0.25, 0.3) is 0 Å². The smallest absolute Gasteiger partial charge is 0.160 e. The van der Waals surface area contributed by atoms with E-state index in [0.717, 1.165) is 61.5 Å². The molecule has 9 aromatic carbocycles. The first-order valence-electron chi connectivity index (χ1n) is 23.7. The van der Waals surface area contributed by atoms with E-state index in [9.17, 15) is 0 Å². The van der Waals surface area contributed by atoms with Gasteiger partial charge in [-0.15, -0.1) is 0 Å². The van der Waals surface area contributed by atoms with Crippen LogP contribution in [0.4, 0.5) is 0 Å². The number of rotatable bonds is 5. The first-order chi connectivity index (χ1) is 33.2. The van der Waals surface area contributed by atoms with Crippen LogP contribution >= 0.6 is 0 Å². The zero-order valence-corrected chi connectivity index (χ0v) is 38.4. The van der Waals surface area contributed by atoms with Gasteiger partial charge in [-0.1, -0.05) is 173 Å². The molecule has 0 N–H and O–H groups in total. The Morgan fingerprint density at radius 1 is 0.309 bits per heavy atom. The second kappa shape index (κ2) is 14.1. The summed E-state index contributed by atoms with van der Waals surface area (Å²) in [7, 11) is 0. The van der Waals surface area contributed by atoms with Crippen molar-refractivity contribution in [2.75, 3.05) is 0 Å². The number of aromatic nitrogens is 4. The van der Waals surface area contributed by atoms with Crippen molar-refractivity contribution in [3.63, 3.8) is 0 Å². The Morgan fingerprint density at radius 3 is 1.07 bits per heavy atom. The van der Waals surface area contributed by atoms with Crippen LogP contribution in [0.1, 0.15) is 49.9 Å². The van der Waals surface area contributed by atoms with Gasteiger partial charge >= 0.3 is 0 Å². The summed E-state index contributed by atoms with van der Waals surface area (Å²) in [5.74, 6) is 0.674. The maximum atomic E-state index is 5.62. The van der Waals surface area contributed by atoms with Crippen LogP contribution in [0.5, 0.6) is 0 Å². The number of nitrogens with zero attached hydrogens (tertiary/aromatic N) is 4. The summed E-state index contributed by atoms with van der Waals surface area (Å²) in [6, 6.07) is 75.7. The van der Waals surface area contributed by atoms with Crippen LogP contribution in [0.15, 0.2) is 206 Å². The molecule has 12 aromatic rings. The average molecular weight is 871 g/mol. The quantitative estimate of drug-likeness (QED) is 0.173. The fourth-order valence-electron chi connectivity index (χ4n) is 12.0. The standard InChI is InChI=1S/C64H46N4/c1-63(2)52-23-11-5-17-44(52)46-31-29-39(35-54(46)63)56-38-57(40-30-32-47-45-18-6-12-24-53(45)64(3,4)55(47)36-40)66-62(65-56)41-33-42(67-58-25-13-7-19-48(58)49-20-8-14-26-59(49)67)37-43(34-41)68-60-27-15-9-21-50(60)51-22-10-16-28-61(51)68/h5-38H,1-4H3. The SMILES string of the molecule is CC1(C)c2ccccc2-c2ccc(-c3cc(-c4ccc5c(c4)C(C)(C)c4ccccc4-5)nc(-c4cc(-n5c6ccccc6c6ccccc65)cc(-n5c6ccccc6c6ccccc65)c4)n3)cc21. The van der Waals surface area contributed by atoms with E-state index in [4.69, 9.17) is 9.97 Å². The summed E-state index contributed by atoms with van der Waals surface area (Å²) >= 11 is 0. The van der Waals surface area contributed by atoms with Gasteiger partial charge in [-0.2, -0.15) is 0 Å². The lowest BCUT2D eigenvalue weighted by Gasteiger charge is -2.22. The van der Waals surface area contributed by atoms with Gasteiger partial charge in [-0.25, -0.2) is 9.97 Å². The molecule has 2 aliphatic carbocycles. The summed E-state index contributed by atoms with van der Waals surface area (Å²) in [6.45, 7) is 9.38. The summed E-state index contributed by atoms with van der Waals surface area (Å²) < 4.78 is 4.83. The highest BCUT2D eigenvalue weighted by molar-refractivity contribution is 6.11. The van der Waals surface area contributed by atoms with E-state index >= 15 is 0 Å². The fourth-order valence-corrected chi connectivity index (χ4v) is 12.0. The molecule has 0 radical (unpaired) electrons. The molecule has 0 saturated heterocycles. The first-order valence-corrected chi connectivity index (χ1v) is 23.7. The van der Waals surface area contributed by atoms with E-state index < -0.39 is 0 Å². The molecule has 0 amide bonds. The number of fused-ring (bicyclic) bond motifs is 12. The van der Waals surface area contributed by atoms with Crippen molar-refractivity contribution in [1.29, 1.82) is 0 Å². The van der Waals surface area contributed by atoms with Crippen molar-refractivity contribution in [3.05, 3.63) is 229 Å². The molecule has 68 heavy (non-hydrogen) atoms. The normalized spacial score (nSPS) is 14.1. The molecule has 0 fully saturated rings. The molecule has 3 heterocycles. The lowest BCUT2D eigenvalue weighted by molar-refractivity contribution is 0.660. The molecule has 2 aliphatic rings. The summed E-state index contributed by atoms with van der Waals surface area (Å²) in [5.41, 5.74) is 21.8. The van der Waals surface area contributed by atoms with Gasteiger partial charge in [0.05, 0.1) is 33.5 Å². The van der Waals surface area contributed by atoms with Crippen LogP contribution in [0.2, 0.25) is 0 Å². The minimum Gasteiger partial charge on any atom is -0.309 e. The third kappa shape index (κ3) is 5.49. The number of benzene rings is 9. The summed E-state index contributed by atoms with van der Waals surface area (Å²) in [5, 5.41) is 4.87. The Morgan fingerprint density at radius 2 is 0.662 bits per heavy atom. The maximum absolute atomic E-state index is 5.62. The molecule has 0 atom stereocenters. The Bertz CT molecular complexity index is 3740. The number of para-hydroxylation sites is 4. The molecule has 0 bridgehead atoms. The van der Waals surface area contributed by atoms with E-state index in [-0.39, 0.29) is 10.8 Å². The van der Waals surface area contributed by atoms with Gasteiger partial charge in [-0.3, -0.25) is 0 Å². The number of hydrogen-bond acceptors (Lipinski definition) is 2. The largest absolute Gasteiger partial charge is 0.309 e. The Balaban J connectivity index is 1.05. The van der Waals surface area contributed by atoms with Gasteiger partial charge in [-0.05, 0) is 105 Å². The third-order valence-electron chi connectivity index (χ3n) is 15.3. The highest BCUT2D eigenvalue weighted by atomic mass is 15.0. The van der Waals surface area contributed by atoms with E-state index in [1.165, 1.54) is 66.1 Å². The first kappa shape index (κ1) is 38.9. The van der Waals surface area contributed by atoms with Crippen LogP contribution < -0.4 is 0 Å². The van der Waals surface area contributed by atoms with Crippen molar-refractivity contribution < 1.29 is 0 Å². The highest BCUT2D eigenvalue weighted by Crippen LogP contribution is 2.51. The van der Waals surface area contributed by atoms with Crippen LogP contribution in [0, 0.1) is 0 Å². The lowest BCUT2D eigenvalue weighted by atomic mass is 9.81. The molecular formula is C64H46N4. The van der Waals surface area contributed by atoms with Crippen molar-refractivity contribution in [1.82, 2.24) is 19.1 Å². The van der Waals surface area contributed by atoms with Gasteiger partial charge in [0.15, 0.2) is 5.82 Å². The van der Waals surface area contributed by atoms with E-state index in [1.807, 2.05) is 0 Å². The van der Waals surface area contributed by atoms with Crippen molar-refractivity contribution >= 4 is 43.6 Å². The molecule has 322 valence electrons. The minimum atomic E-state index is -0.158. The minimum absolute atomic E-state index is 0.158. The molecule has 0 saturated carbocycles. The molecular weight excluding hydrogens is 825 g/mol. The highest BCUT2D eigenvalue weighted by Gasteiger charge is 2.37. The predicted molar refractivity (Wildman–Crippen MR) is 282 cm³/mol. The van der Waals surface area contributed by atoms with Crippen molar-refractivity contribution in [2.45, 2.75) is 38.5 Å².